The summed E-state index contributed by atoms with van der Waals surface area (Å²) in [6, 6.07) is 0. The van der Waals surface area contributed by atoms with Gasteiger partial charge >= 0.3 is 0 Å². The van der Waals surface area contributed by atoms with Crippen LogP contribution >= 0.6 is 11.8 Å². The molecule has 0 aromatic carbocycles. The van der Waals surface area contributed by atoms with Gasteiger partial charge in [0.15, 0.2) is 5.78 Å². The van der Waals surface area contributed by atoms with E-state index in [2.05, 4.69) is 25.6 Å². The van der Waals surface area contributed by atoms with E-state index in [1.807, 2.05) is 6.08 Å². The quantitative estimate of drug-likeness (QED) is 0.585. The molecule has 4 aliphatic carbocycles. The number of hydrogen-bond donors (Lipinski definition) is 0. The normalized spacial score (nSPS) is 56.2. The van der Waals surface area contributed by atoms with Crippen LogP contribution in [0.2, 0.25) is 0 Å². The molecule has 0 N–H and O–H groups in total. The predicted molar refractivity (Wildman–Crippen MR) is 91.9 cm³/mol. The zero-order valence-electron chi connectivity index (χ0n) is 14.0. The lowest BCUT2D eigenvalue weighted by Crippen LogP contribution is -2.51. The van der Waals surface area contributed by atoms with Crippen LogP contribution in [-0.2, 0) is 4.79 Å². The number of carbonyl (C=O) groups excluding carboxylic acids is 1. The second kappa shape index (κ2) is 4.23. The molecule has 0 unspecified atom stereocenters. The SMILES string of the molecule is C[C@]12CCC(=O)C=C1CC[C@@H]1[C@H]2CC[C@@]2(C)[C@@H]1CC[C@]21CS1. The second-order valence-corrected chi connectivity index (χ2v) is 10.6. The van der Waals surface area contributed by atoms with Crippen molar-refractivity contribution < 1.29 is 4.79 Å². The summed E-state index contributed by atoms with van der Waals surface area (Å²) < 4.78 is 0.683. The van der Waals surface area contributed by atoms with Crippen molar-refractivity contribution in [3.05, 3.63) is 11.6 Å². The fraction of sp³-hybridized carbons (Fsp3) is 0.850. The molecule has 2 heteroatoms. The molecule has 3 saturated carbocycles. The summed E-state index contributed by atoms with van der Waals surface area (Å²) in [6.07, 6.45) is 12.4. The molecule has 22 heavy (non-hydrogen) atoms. The van der Waals surface area contributed by atoms with E-state index in [0.717, 1.165) is 30.6 Å². The van der Waals surface area contributed by atoms with E-state index in [-0.39, 0.29) is 0 Å². The number of carbonyl (C=O) groups is 1. The highest BCUT2D eigenvalue weighted by atomic mass is 32.2. The third-order valence-corrected chi connectivity index (χ3v) is 10.4. The van der Waals surface area contributed by atoms with Crippen LogP contribution in [0.1, 0.15) is 65.2 Å². The molecule has 5 aliphatic rings. The molecule has 0 aromatic rings. The van der Waals surface area contributed by atoms with Crippen molar-refractivity contribution in [1.82, 2.24) is 0 Å². The number of rotatable bonds is 0. The lowest BCUT2D eigenvalue weighted by molar-refractivity contribution is -0.117. The Bertz CT molecular complexity index is 574. The first kappa shape index (κ1) is 14.1. The van der Waals surface area contributed by atoms with Crippen LogP contribution in [0.15, 0.2) is 11.6 Å². The van der Waals surface area contributed by atoms with Crippen LogP contribution in [0.5, 0.6) is 0 Å². The smallest absolute Gasteiger partial charge is 0.155 e. The highest BCUT2D eigenvalue weighted by Gasteiger charge is 2.68. The van der Waals surface area contributed by atoms with Crippen LogP contribution in [0.25, 0.3) is 0 Å². The first-order valence-electron chi connectivity index (χ1n) is 9.36. The minimum atomic E-state index is 0.352. The summed E-state index contributed by atoms with van der Waals surface area (Å²) >= 11 is 2.27. The van der Waals surface area contributed by atoms with Gasteiger partial charge in [0.1, 0.15) is 0 Å². The molecule has 1 spiro atoms. The summed E-state index contributed by atoms with van der Waals surface area (Å²) in [7, 11) is 0. The van der Waals surface area contributed by atoms with Crippen molar-refractivity contribution >= 4 is 17.5 Å². The van der Waals surface area contributed by atoms with Gasteiger partial charge in [-0.2, -0.15) is 11.8 Å². The molecule has 0 aromatic heterocycles. The average molecular weight is 317 g/mol. The van der Waals surface area contributed by atoms with Crippen molar-refractivity contribution in [2.75, 3.05) is 5.75 Å². The monoisotopic (exact) mass is 316 g/mol. The fourth-order valence-corrected chi connectivity index (χ4v) is 8.71. The van der Waals surface area contributed by atoms with Crippen LogP contribution in [0.4, 0.5) is 0 Å². The molecule has 6 atom stereocenters. The Morgan fingerprint density at radius 2 is 1.82 bits per heavy atom. The molecule has 0 amide bonds. The first-order chi connectivity index (χ1) is 10.5. The molecular formula is C20H28OS. The molecule has 1 nitrogen and oxygen atoms in total. The van der Waals surface area contributed by atoms with Crippen molar-refractivity contribution in [3.8, 4) is 0 Å². The van der Waals surface area contributed by atoms with Crippen LogP contribution in [0.3, 0.4) is 0 Å². The lowest BCUT2D eigenvalue weighted by atomic mass is 9.47. The summed E-state index contributed by atoms with van der Waals surface area (Å²) in [5, 5.41) is 0. The van der Waals surface area contributed by atoms with Gasteiger partial charge in [0.2, 0.25) is 0 Å². The van der Waals surface area contributed by atoms with Gasteiger partial charge in [-0.3, -0.25) is 4.79 Å². The van der Waals surface area contributed by atoms with E-state index >= 15 is 0 Å². The largest absolute Gasteiger partial charge is 0.295 e. The Morgan fingerprint density at radius 1 is 1.05 bits per heavy atom. The summed E-state index contributed by atoms with van der Waals surface area (Å²) in [5.74, 6) is 4.60. The molecule has 1 aliphatic heterocycles. The van der Waals surface area contributed by atoms with Gasteiger partial charge in [-0.05, 0) is 79.6 Å². The zero-order valence-corrected chi connectivity index (χ0v) is 14.8. The van der Waals surface area contributed by atoms with E-state index in [9.17, 15) is 4.79 Å². The van der Waals surface area contributed by atoms with E-state index in [1.165, 1.54) is 49.9 Å². The predicted octanol–water partition coefficient (Wildman–Crippen LogP) is 5.00. The lowest BCUT2D eigenvalue weighted by Gasteiger charge is -2.58. The van der Waals surface area contributed by atoms with Crippen molar-refractivity contribution in [3.63, 3.8) is 0 Å². The number of thioether (sulfide) groups is 1. The third-order valence-electron chi connectivity index (χ3n) is 8.74. The zero-order chi connectivity index (χ0) is 15.2. The van der Waals surface area contributed by atoms with Crippen LogP contribution < -0.4 is 0 Å². The first-order valence-corrected chi connectivity index (χ1v) is 10.3. The Morgan fingerprint density at radius 3 is 2.59 bits per heavy atom. The maximum Gasteiger partial charge on any atom is 0.155 e. The van der Waals surface area contributed by atoms with Gasteiger partial charge in [0.25, 0.3) is 0 Å². The summed E-state index contributed by atoms with van der Waals surface area (Å²) in [6.45, 7) is 5.14. The Kier molecular flexibility index (Phi) is 2.72. The molecule has 5 rings (SSSR count). The third kappa shape index (κ3) is 1.56. The highest BCUT2D eigenvalue weighted by Crippen LogP contribution is 2.75. The van der Waals surface area contributed by atoms with Gasteiger partial charge in [-0.1, -0.05) is 19.4 Å². The molecule has 1 saturated heterocycles. The van der Waals surface area contributed by atoms with E-state index in [4.69, 9.17) is 0 Å². The molecule has 4 fully saturated rings. The molecule has 0 bridgehead atoms. The molecular weight excluding hydrogens is 288 g/mol. The number of hydrogen-bond acceptors (Lipinski definition) is 2. The second-order valence-electron chi connectivity index (χ2n) is 9.25. The van der Waals surface area contributed by atoms with Gasteiger partial charge in [0, 0.05) is 16.9 Å². The number of ketones is 1. The minimum Gasteiger partial charge on any atom is -0.295 e. The van der Waals surface area contributed by atoms with E-state index < -0.39 is 0 Å². The van der Waals surface area contributed by atoms with Gasteiger partial charge in [-0.15, -0.1) is 0 Å². The summed E-state index contributed by atoms with van der Waals surface area (Å²) in [4.78, 5) is 11.9. The van der Waals surface area contributed by atoms with Crippen molar-refractivity contribution in [1.29, 1.82) is 0 Å². The van der Waals surface area contributed by atoms with Crippen molar-refractivity contribution in [2.45, 2.75) is 70.0 Å². The van der Waals surface area contributed by atoms with Gasteiger partial charge in [0.05, 0.1) is 0 Å². The fourth-order valence-electron chi connectivity index (χ4n) is 7.21. The topological polar surface area (TPSA) is 17.1 Å². The Labute approximate surface area is 138 Å². The standard InChI is InChI=1S/C20H28OS/c1-18-8-5-14(21)11-13(18)3-4-15-16(18)6-9-19(2)17(15)7-10-20(19)12-22-20/h11,15-17H,3-10,12H2,1-2H3/t15-,16-,17-,18+,19+,20+/m1/s1. The Balaban J connectivity index is 1.51. The molecule has 0 radical (unpaired) electrons. The van der Waals surface area contributed by atoms with Crippen LogP contribution in [0, 0.1) is 28.6 Å². The van der Waals surface area contributed by atoms with Crippen molar-refractivity contribution in [2.24, 2.45) is 28.6 Å². The average Bonchev–Trinajstić information content (AvgIpc) is 3.22. The maximum atomic E-state index is 11.9. The highest BCUT2D eigenvalue weighted by molar-refractivity contribution is 8.08. The molecule has 1 heterocycles. The number of allylic oxidation sites excluding steroid dienone is 1. The Hall–Kier alpha value is -0.240. The van der Waals surface area contributed by atoms with Gasteiger partial charge in [-0.25, -0.2) is 0 Å². The number of fused-ring (bicyclic) bond motifs is 6. The van der Waals surface area contributed by atoms with Gasteiger partial charge < -0.3 is 0 Å². The van der Waals surface area contributed by atoms with Crippen LogP contribution in [-0.4, -0.2) is 16.3 Å². The molecule has 120 valence electrons. The minimum absolute atomic E-state index is 0.352. The van der Waals surface area contributed by atoms with E-state index in [1.54, 1.807) is 0 Å². The van der Waals surface area contributed by atoms with E-state index in [0.29, 0.717) is 21.4 Å². The summed E-state index contributed by atoms with van der Waals surface area (Å²) in [5.41, 5.74) is 2.49. The maximum absolute atomic E-state index is 11.9.